The molecule has 1 aliphatic rings. The lowest BCUT2D eigenvalue weighted by Gasteiger charge is -2.17. The molecule has 1 aliphatic heterocycles. The summed E-state index contributed by atoms with van der Waals surface area (Å²) in [7, 11) is 0. The number of aromatic carboxylic acids is 1. The average Bonchev–Trinajstić information content (AvgIpc) is 3.07. The molecule has 1 saturated heterocycles. The molecule has 0 radical (unpaired) electrons. The zero-order chi connectivity index (χ0) is 23.5. The van der Waals surface area contributed by atoms with E-state index in [-0.39, 0.29) is 11.5 Å². The summed E-state index contributed by atoms with van der Waals surface area (Å²) in [6.07, 6.45) is 1.74. The molecule has 1 fully saturated rings. The highest BCUT2D eigenvalue weighted by Gasteiger charge is 2.34. The van der Waals surface area contributed by atoms with E-state index in [4.69, 9.17) is 28.6 Å². The second-order valence-electron chi connectivity index (χ2n) is 7.28. The monoisotopic (exact) mass is 495 g/mol. The van der Waals surface area contributed by atoms with Crippen molar-refractivity contribution >= 4 is 63.5 Å². The van der Waals surface area contributed by atoms with Crippen LogP contribution in [0.1, 0.15) is 27.0 Å². The Balaban J connectivity index is 1.60. The van der Waals surface area contributed by atoms with Crippen molar-refractivity contribution in [2.75, 3.05) is 4.90 Å². The maximum atomic E-state index is 13.2. The van der Waals surface area contributed by atoms with Gasteiger partial charge in [-0.25, -0.2) is 4.79 Å². The van der Waals surface area contributed by atoms with Crippen LogP contribution in [0.15, 0.2) is 71.6 Å². The number of nitrogens with zero attached hydrogens (tertiary/aromatic N) is 1. The van der Waals surface area contributed by atoms with Crippen molar-refractivity contribution < 1.29 is 19.4 Å². The molecule has 0 unspecified atom stereocenters. The van der Waals surface area contributed by atoms with Crippen molar-refractivity contribution in [3.8, 4) is 5.75 Å². The third-order valence-corrected chi connectivity index (χ3v) is 6.56. The number of thioether (sulfide) groups is 1. The Morgan fingerprint density at radius 3 is 2.61 bits per heavy atom. The number of halogens is 1. The van der Waals surface area contributed by atoms with E-state index >= 15 is 0 Å². The lowest BCUT2D eigenvalue weighted by molar-refractivity contribution is -0.113. The number of ether oxygens (including phenoxy) is 1. The smallest absolute Gasteiger partial charge is 0.335 e. The van der Waals surface area contributed by atoms with E-state index in [1.807, 2.05) is 43.3 Å². The van der Waals surface area contributed by atoms with Gasteiger partial charge in [0.2, 0.25) is 0 Å². The van der Waals surface area contributed by atoms with Crippen molar-refractivity contribution in [1.82, 2.24) is 0 Å². The van der Waals surface area contributed by atoms with Crippen LogP contribution in [0, 0.1) is 6.92 Å². The Morgan fingerprint density at radius 1 is 1.15 bits per heavy atom. The molecular weight excluding hydrogens is 478 g/mol. The first-order chi connectivity index (χ1) is 15.8. The minimum absolute atomic E-state index is 0.0922. The zero-order valence-electron chi connectivity index (χ0n) is 17.4. The number of amides is 1. The van der Waals surface area contributed by atoms with Crippen molar-refractivity contribution in [3.63, 3.8) is 0 Å². The number of carbonyl (C=O) groups excluding carboxylic acids is 1. The molecule has 4 rings (SSSR count). The van der Waals surface area contributed by atoms with Gasteiger partial charge in [-0.2, -0.15) is 0 Å². The summed E-state index contributed by atoms with van der Waals surface area (Å²) in [5, 5.41) is 9.98. The Bertz CT molecular complexity index is 1290. The standard InChI is InChI=1S/C25H18ClNO4S2/c1-15-6-9-18(24(29)30)12-20(15)27-23(28)22(33-25(27)32)13-17-4-2-3-5-21(17)31-14-16-7-10-19(26)11-8-16/h2-13H,14H2,1H3,(H,29,30)/b22-13-. The van der Waals surface area contributed by atoms with Crippen LogP contribution >= 0.6 is 35.6 Å². The summed E-state index contributed by atoms with van der Waals surface area (Å²) >= 11 is 12.6. The van der Waals surface area contributed by atoms with E-state index in [2.05, 4.69) is 0 Å². The second kappa shape index (κ2) is 9.79. The summed E-state index contributed by atoms with van der Waals surface area (Å²) in [6, 6.07) is 19.5. The van der Waals surface area contributed by atoms with Gasteiger partial charge in [-0.3, -0.25) is 9.69 Å². The number of para-hydroxylation sites is 1. The number of rotatable bonds is 6. The highest BCUT2D eigenvalue weighted by atomic mass is 35.5. The van der Waals surface area contributed by atoms with Gasteiger partial charge in [-0.1, -0.05) is 72.0 Å². The number of hydrogen-bond acceptors (Lipinski definition) is 5. The van der Waals surface area contributed by atoms with Crippen LogP contribution in [0.4, 0.5) is 5.69 Å². The number of carboxylic acids is 1. The predicted octanol–water partition coefficient (Wildman–Crippen LogP) is 6.33. The number of benzene rings is 3. The molecule has 3 aromatic carbocycles. The first-order valence-electron chi connectivity index (χ1n) is 9.91. The van der Waals surface area contributed by atoms with Crippen LogP contribution in [0.2, 0.25) is 5.02 Å². The van der Waals surface area contributed by atoms with Crippen molar-refractivity contribution in [2.24, 2.45) is 0 Å². The van der Waals surface area contributed by atoms with Gasteiger partial charge < -0.3 is 9.84 Å². The zero-order valence-corrected chi connectivity index (χ0v) is 19.8. The highest BCUT2D eigenvalue weighted by Crippen LogP contribution is 2.38. The number of hydrogen-bond donors (Lipinski definition) is 1. The van der Waals surface area contributed by atoms with Gasteiger partial charge in [-0.15, -0.1) is 0 Å². The van der Waals surface area contributed by atoms with Gasteiger partial charge in [0.25, 0.3) is 5.91 Å². The molecule has 3 aromatic rings. The minimum atomic E-state index is -1.07. The van der Waals surface area contributed by atoms with Crippen LogP contribution in [0.25, 0.3) is 6.08 Å². The topological polar surface area (TPSA) is 66.8 Å². The van der Waals surface area contributed by atoms with Crippen LogP contribution in [-0.4, -0.2) is 21.3 Å². The fraction of sp³-hybridized carbons (Fsp3) is 0.0800. The summed E-state index contributed by atoms with van der Waals surface area (Å²) in [4.78, 5) is 26.4. The molecule has 0 aromatic heterocycles. The molecule has 1 amide bonds. The van der Waals surface area contributed by atoms with E-state index < -0.39 is 5.97 Å². The first-order valence-corrected chi connectivity index (χ1v) is 11.5. The van der Waals surface area contributed by atoms with Crippen LogP contribution < -0.4 is 9.64 Å². The van der Waals surface area contributed by atoms with E-state index in [1.165, 1.54) is 28.8 Å². The van der Waals surface area contributed by atoms with Gasteiger partial charge in [-0.05, 0) is 54.5 Å². The van der Waals surface area contributed by atoms with Gasteiger partial charge in [0, 0.05) is 10.6 Å². The molecule has 1 N–H and O–H groups in total. The molecule has 0 saturated carbocycles. The lowest BCUT2D eigenvalue weighted by Crippen LogP contribution is -2.28. The largest absolute Gasteiger partial charge is 0.488 e. The van der Waals surface area contributed by atoms with Crippen LogP contribution in [0.5, 0.6) is 5.75 Å². The molecule has 0 aliphatic carbocycles. The molecule has 33 heavy (non-hydrogen) atoms. The lowest BCUT2D eigenvalue weighted by atomic mass is 10.1. The number of carboxylic acid groups (broad SMARTS) is 1. The number of thiocarbonyl (C=S) groups is 1. The van der Waals surface area contributed by atoms with Crippen LogP contribution in [-0.2, 0) is 11.4 Å². The summed E-state index contributed by atoms with van der Waals surface area (Å²) < 4.78 is 6.33. The van der Waals surface area contributed by atoms with Crippen molar-refractivity contribution in [3.05, 3.63) is 98.9 Å². The van der Waals surface area contributed by atoms with Gasteiger partial charge in [0.05, 0.1) is 16.2 Å². The molecule has 166 valence electrons. The maximum absolute atomic E-state index is 13.2. The molecule has 0 bridgehead atoms. The fourth-order valence-electron chi connectivity index (χ4n) is 3.27. The normalized spacial score (nSPS) is 14.7. The summed E-state index contributed by atoms with van der Waals surface area (Å²) in [5.74, 6) is -0.742. The van der Waals surface area contributed by atoms with Gasteiger partial charge in [0.15, 0.2) is 4.32 Å². The Morgan fingerprint density at radius 2 is 1.88 bits per heavy atom. The van der Waals surface area contributed by atoms with E-state index in [9.17, 15) is 14.7 Å². The molecular formula is C25H18ClNO4S2. The quantitative estimate of drug-likeness (QED) is 0.318. The van der Waals surface area contributed by atoms with Crippen molar-refractivity contribution in [2.45, 2.75) is 13.5 Å². The highest BCUT2D eigenvalue weighted by molar-refractivity contribution is 8.27. The average molecular weight is 496 g/mol. The molecule has 0 spiro atoms. The van der Waals surface area contributed by atoms with Crippen molar-refractivity contribution in [1.29, 1.82) is 0 Å². The third-order valence-electron chi connectivity index (χ3n) is 5.00. The predicted molar refractivity (Wildman–Crippen MR) is 136 cm³/mol. The minimum Gasteiger partial charge on any atom is -0.488 e. The number of carbonyl (C=O) groups is 2. The maximum Gasteiger partial charge on any atom is 0.335 e. The summed E-state index contributed by atoms with van der Waals surface area (Å²) in [6.45, 7) is 2.16. The Kier molecular flexibility index (Phi) is 6.83. The number of aryl methyl sites for hydroxylation is 1. The molecule has 1 heterocycles. The fourth-order valence-corrected chi connectivity index (χ4v) is 4.67. The second-order valence-corrected chi connectivity index (χ2v) is 9.39. The third kappa shape index (κ3) is 5.11. The van der Waals surface area contributed by atoms with Gasteiger partial charge >= 0.3 is 5.97 Å². The van der Waals surface area contributed by atoms with E-state index in [0.717, 1.165) is 16.7 Å². The Hall–Kier alpha value is -3.13. The van der Waals surface area contributed by atoms with Gasteiger partial charge in [0.1, 0.15) is 12.4 Å². The molecule has 5 nitrogen and oxygen atoms in total. The summed E-state index contributed by atoms with van der Waals surface area (Å²) in [5.41, 5.74) is 3.02. The Labute approximate surface area is 205 Å². The number of anilines is 1. The molecule has 0 atom stereocenters. The van der Waals surface area contributed by atoms with E-state index in [1.54, 1.807) is 24.3 Å². The van der Waals surface area contributed by atoms with E-state index in [0.29, 0.717) is 32.3 Å². The van der Waals surface area contributed by atoms with Crippen LogP contribution in [0.3, 0.4) is 0 Å². The SMILES string of the molecule is Cc1ccc(C(=O)O)cc1N1C(=O)/C(=C/c2ccccc2OCc2ccc(Cl)cc2)SC1=S. The first kappa shape index (κ1) is 23.0. The molecule has 8 heteroatoms.